The first kappa shape index (κ1) is 18.1. The Morgan fingerprint density at radius 3 is 2.65 bits per heavy atom. The van der Waals surface area contributed by atoms with Gasteiger partial charge in [0.1, 0.15) is 0 Å². The lowest BCUT2D eigenvalue weighted by atomic mass is 10.2. The number of hydrogen-bond acceptors (Lipinski definition) is 4. The highest BCUT2D eigenvalue weighted by atomic mass is 16.5. The van der Waals surface area contributed by atoms with Crippen LogP contribution < -0.4 is 0 Å². The number of hydrogen-bond donors (Lipinski definition) is 0. The molecule has 0 atom stereocenters. The highest BCUT2D eigenvalue weighted by Gasteiger charge is 2.07. The standard InChI is InChI=1S/C12H17N3O2.C3H8/c1-4-10(5-2)9-15-11(8-13-14-15)6-7-12(16)17-3;1-3-2/h4-5,8H,1,6-7,9H2,2-3H3;3H2,1-2H3/b10-5+;. The zero-order chi connectivity index (χ0) is 15.4. The number of methoxy groups -OCH3 is 1. The molecule has 0 aromatic carbocycles. The van der Waals surface area contributed by atoms with E-state index in [4.69, 9.17) is 0 Å². The fourth-order valence-electron chi connectivity index (χ4n) is 1.38. The fraction of sp³-hybridized carbons (Fsp3) is 0.533. The third-order valence-corrected chi connectivity index (χ3v) is 2.48. The van der Waals surface area contributed by atoms with Crippen molar-refractivity contribution in [2.24, 2.45) is 0 Å². The lowest BCUT2D eigenvalue weighted by molar-refractivity contribution is -0.140. The average molecular weight is 279 g/mol. The van der Waals surface area contributed by atoms with E-state index in [0.29, 0.717) is 19.4 Å². The Kier molecular flexibility index (Phi) is 9.92. The predicted octanol–water partition coefficient (Wildman–Crippen LogP) is 2.93. The Hall–Kier alpha value is -1.91. The van der Waals surface area contributed by atoms with Gasteiger partial charge in [0.05, 0.1) is 32.0 Å². The van der Waals surface area contributed by atoms with E-state index in [2.05, 4.69) is 35.5 Å². The van der Waals surface area contributed by atoms with Crippen LogP contribution in [0.2, 0.25) is 0 Å². The molecule has 1 aromatic heterocycles. The summed E-state index contributed by atoms with van der Waals surface area (Å²) < 4.78 is 6.36. The molecule has 0 spiro atoms. The summed E-state index contributed by atoms with van der Waals surface area (Å²) in [5.41, 5.74) is 1.98. The molecule has 0 aliphatic heterocycles. The monoisotopic (exact) mass is 279 g/mol. The van der Waals surface area contributed by atoms with Gasteiger partial charge in [-0.3, -0.25) is 4.79 Å². The summed E-state index contributed by atoms with van der Waals surface area (Å²) >= 11 is 0. The molecule has 20 heavy (non-hydrogen) atoms. The third kappa shape index (κ3) is 6.87. The van der Waals surface area contributed by atoms with Crippen molar-refractivity contribution in [2.45, 2.75) is 46.6 Å². The second-order valence-corrected chi connectivity index (χ2v) is 4.23. The smallest absolute Gasteiger partial charge is 0.305 e. The third-order valence-electron chi connectivity index (χ3n) is 2.48. The van der Waals surface area contributed by atoms with Crippen LogP contribution in [0.15, 0.2) is 30.5 Å². The molecule has 1 heterocycles. The quantitative estimate of drug-likeness (QED) is 0.593. The van der Waals surface area contributed by atoms with Crippen LogP contribution in [0.3, 0.4) is 0 Å². The molecule has 1 aromatic rings. The first-order valence-electron chi connectivity index (χ1n) is 6.84. The van der Waals surface area contributed by atoms with Gasteiger partial charge in [0.2, 0.25) is 0 Å². The summed E-state index contributed by atoms with van der Waals surface area (Å²) in [6.07, 6.45) is 7.58. The number of allylic oxidation sites excluding steroid dienone is 3. The summed E-state index contributed by atoms with van der Waals surface area (Å²) in [4.78, 5) is 11.1. The van der Waals surface area contributed by atoms with Crippen LogP contribution >= 0.6 is 0 Å². The van der Waals surface area contributed by atoms with E-state index in [9.17, 15) is 4.79 Å². The van der Waals surface area contributed by atoms with Crippen molar-refractivity contribution in [2.75, 3.05) is 7.11 Å². The maximum atomic E-state index is 11.1. The topological polar surface area (TPSA) is 57.0 Å². The van der Waals surface area contributed by atoms with E-state index in [1.54, 1.807) is 17.0 Å². The molecule has 0 bridgehead atoms. The molecule has 0 N–H and O–H groups in total. The molecule has 5 nitrogen and oxygen atoms in total. The Bertz CT molecular complexity index is 436. The Morgan fingerprint density at radius 1 is 1.50 bits per heavy atom. The van der Waals surface area contributed by atoms with Gasteiger partial charge in [0, 0.05) is 6.42 Å². The molecule has 5 heteroatoms. The molecular formula is C15H25N3O2. The van der Waals surface area contributed by atoms with Crippen LogP contribution in [0.4, 0.5) is 0 Å². The van der Waals surface area contributed by atoms with Gasteiger partial charge in [0.25, 0.3) is 0 Å². The second kappa shape index (κ2) is 11.0. The minimum atomic E-state index is -0.229. The van der Waals surface area contributed by atoms with E-state index in [0.717, 1.165) is 11.3 Å². The maximum Gasteiger partial charge on any atom is 0.305 e. The molecule has 112 valence electrons. The van der Waals surface area contributed by atoms with Gasteiger partial charge in [-0.05, 0) is 12.5 Å². The van der Waals surface area contributed by atoms with Crippen molar-refractivity contribution in [3.8, 4) is 0 Å². The van der Waals surface area contributed by atoms with E-state index >= 15 is 0 Å². The number of carbonyl (C=O) groups excluding carboxylic acids is 1. The van der Waals surface area contributed by atoms with Crippen LogP contribution in [0.25, 0.3) is 0 Å². The van der Waals surface area contributed by atoms with Crippen molar-refractivity contribution in [1.82, 2.24) is 15.0 Å². The molecule has 0 aliphatic rings. The Balaban J connectivity index is 0.00000110. The number of nitrogens with zero attached hydrogens (tertiary/aromatic N) is 3. The maximum absolute atomic E-state index is 11.1. The first-order valence-corrected chi connectivity index (χ1v) is 6.84. The van der Waals surface area contributed by atoms with Gasteiger partial charge in [-0.25, -0.2) is 4.68 Å². The van der Waals surface area contributed by atoms with Gasteiger partial charge in [0.15, 0.2) is 0 Å². The van der Waals surface area contributed by atoms with Crippen LogP contribution in [0.5, 0.6) is 0 Å². The van der Waals surface area contributed by atoms with Crippen molar-refractivity contribution in [1.29, 1.82) is 0 Å². The Labute approximate surface area is 121 Å². The molecule has 0 saturated heterocycles. The second-order valence-electron chi connectivity index (χ2n) is 4.23. The molecular weight excluding hydrogens is 254 g/mol. The van der Waals surface area contributed by atoms with Gasteiger partial charge >= 0.3 is 5.97 Å². The normalized spacial score (nSPS) is 10.5. The van der Waals surface area contributed by atoms with Gasteiger partial charge in [-0.1, -0.05) is 44.2 Å². The SMILES string of the molecule is C=C/C(=C\C)Cn1nncc1CCC(=O)OC.CCC. The number of esters is 1. The summed E-state index contributed by atoms with van der Waals surface area (Å²) in [6, 6.07) is 0. The number of rotatable bonds is 6. The highest BCUT2D eigenvalue weighted by molar-refractivity contribution is 5.69. The van der Waals surface area contributed by atoms with Crippen LogP contribution in [0.1, 0.15) is 39.3 Å². The minimum absolute atomic E-state index is 0.229. The van der Waals surface area contributed by atoms with E-state index < -0.39 is 0 Å². The molecule has 0 fully saturated rings. The Morgan fingerprint density at radius 2 is 2.15 bits per heavy atom. The lowest BCUT2D eigenvalue weighted by Crippen LogP contribution is -2.09. The van der Waals surface area contributed by atoms with Gasteiger partial charge in [-0.15, -0.1) is 5.10 Å². The van der Waals surface area contributed by atoms with E-state index in [-0.39, 0.29) is 5.97 Å². The first-order chi connectivity index (χ1) is 9.62. The average Bonchev–Trinajstić information content (AvgIpc) is 2.90. The predicted molar refractivity (Wildman–Crippen MR) is 80.3 cm³/mol. The molecule has 0 amide bonds. The number of carbonyl (C=O) groups is 1. The van der Waals surface area contributed by atoms with Gasteiger partial charge in [-0.2, -0.15) is 0 Å². The van der Waals surface area contributed by atoms with Crippen molar-refractivity contribution in [3.63, 3.8) is 0 Å². The van der Waals surface area contributed by atoms with Crippen LogP contribution in [-0.2, 0) is 22.5 Å². The van der Waals surface area contributed by atoms with Gasteiger partial charge < -0.3 is 4.74 Å². The van der Waals surface area contributed by atoms with Crippen LogP contribution in [0, 0.1) is 0 Å². The molecule has 0 saturated carbocycles. The van der Waals surface area contributed by atoms with Crippen molar-refractivity contribution < 1.29 is 9.53 Å². The number of ether oxygens (including phenoxy) is 1. The fourth-order valence-corrected chi connectivity index (χ4v) is 1.38. The van der Waals surface area contributed by atoms with Crippen molar-refractivity contribution in [3.05, 3.63) is 36.2 Å². The molecule has 1 rings (SSSR count). The van der Waals surface area contributed by atoms with E-state index in [1.807, 2.05) is 13.0 Å². The molecule has 0 unspecified atom stereocenters. The summed E-state index contributed by atoms with van der Waals surface area (Å²) in [5, 5.41) is 7.83. The zero-order valence-electron chi connectivity index (χ0n) is 12.9. The minimum Gasteiger partial charge on any atom is -0.469 e. The van der Waals surface area contributed by atoms with E-state index in [1.165, 1.54) is 13.5 Å². The number of aryl methyl sites for hydroxylation is 1. The molecule has 0 aliphatic carbocycles. The molecule has 0 radical (unpaired) electrons. The lowest BCUT2D eigenvalue weighted by Gasteiger charge is -2.06. The van der Waals surface area contributed by atoms with Crippen molar-refractivity contribution >= 4 is 5.97 Å². The summed E-state index contributed by atoms with van der Waals surface area (Å²) in [5.74, 6) is -0.229. The summed E-state index contributed by atoms with van der Waals surface area (Å²) in [6.45, 7) is 10.5. The zero-order valence-corrected chi connectivity index (χ0v) is 12.9. The van der Waals surface area contributed by atoms with Crippen LogP contribution in [-0.4, -0.2) is 28.1 Å². The largest absolute Gasteiger partial charge is 0.469 e. The summed E-state index contributed by atoms with van der Waals surface area (Å²) in [7, 11) is 1.38. The highest BCUT2D eigenvalue weighted by Crippen LogP contribution is 2.06. The number of aromatic nitrogens is 3.